The van der Waals surface area contributed by atoms with E-state index in [-0.39, 0.29) is 0 Å². The SMILES string of the molecule is c1cnc2c(SC[Si]34OCCN(CCO3)CCO4)cccc2c1. The van der Waals surface area contributed by atoms with Crippen molar-refractivity contribution >= 4 is 31.5 Å². The lowest BCUT2D eigenvalue weighted by atomic mass is 10.2. The molecule has 3 fully saturated rings. The Morgan fingerprint density at radius 2 is 1.70 bits per heavy atom. The summed E-state index contributed by atoms with van der Waals surface area (Å²) >= 11 is 1.74. The van der Waals surface area contributed by atoms with Crippen molar-refractivity contribution in [1.82, 2.24) is 9.88 Å². The Kier molecular flexibility index (Phi) is 4.65. The third-order valence-electron chi connectivity index (χ3n) is 4.19. The second-order valence-electron chi connectivity index (χ2n) is 5.69. The van der Waals surface area contributed by atoms with E-state index in [4.69, 9.17) is 13.3 Å². The van der Waals surface area contributed by atoms with Crippen molar-refractivity contribution in [2.75, 3.05) is 44.8 Å². The van der Waals surface area contributed by atoms with Crippen LogP contribution in [0.5, 0.6) is 0 Å². The summed E-state index contributed by atoms with van der Waals surface area (Å²) in [6.45, 7) is 5.01. The number of benzene rings is 1. The number of hydrogen-bond acceptors (Lipinski definition) is 6. The van der Waals surface area contributed by atoms with Crippen LogP contribution in [0, 0.1) is 0 Å². The highest BCUT2D eigenvalue weighted by Gasteiger charge is 2.44. The summed E-state index contributed by atoms with van der Waals surface area (Å²) in [6.07, 6.45) is 1.84. The minimum absolute atomic E-state index is 0.695. The van der Waals surface area contributed by atoms with Crippen LogP contribution in [0.3, 0.4) is 0 Å². The smallest absolute Gasteiger partial charge is 0.372 e. The number of thioether (sulfide) groups is 1. The van der Waals surface area contributed by atoms with Gasteiger partial charge in [0, 0.05) is 36.1 Å². The van der Waals surface area contributed by atoms with Gasteiger partial charge in [-0.25, -0.2) is 0 Å². The van der Waals surface area contributed by atoms with E-state index in [1.54, 1.807) is 11.8 Å². The van der Waals surface area contributed by atoms with E-state index in [2.05, 4.69) is 34.1 Å². The van der Waals surface area contributed by atoms with Crippen molar-refractivity contribution in [3.05, 3.63) is 36.5 Å². The molecule has 5 nitrogen and oxygen atoms in total. The molecule has 0 saturated carbocycles. The fourth-order valence-electron chi connectivity index (χ4n) is 2.93. The van der Waals surface area contributed by atoms with Crippen LogP contribution in [0.15, 0.2) is 41.4 Å². The number of rotatable bonds is 3. The lowest BCUT2D eigenvalue weighted by molar-refractivity contribution is -0.00443. The van der Waals surface area contributed by atoms with E-state index in [0.29, 0.717) is 19.8 Å². The molecule has 0 spiro atoms. The number of hydrogen-bond donors (Lipinski definition) is 0. The van der Waals surface area contributed by atoms with Crippen molar-refractivity contribution in [3.8, 4) is 0 Å². The maximum Gasteiger partial charge on any atom is 0.511 e. The van der Waals surface area contributed by atoms with Crippen molar-refractivity contribution in [3.63, 3.8) is 0 Å². The molecule has 4 heterocycles. The normalized spacial score (nSPS) is 28.3. The number of nitrogens with zero attached hydrogens (tertiary/aromatic N) is 2. The number of pyridine rings is 1. The number of fused-ring (bicyclic) bond motifs is 7. The molecule has 2 bridgehead atoms. The molecule has 5 rings (SSSR count). The Morgan fingerprint density at radius 3 is 2.43 bits per heavy atom. The highest BCUT2D eigenvalue weighted by molar-refractivity contribution is 8.01. The third kappa shape index (κ3) is 3.45. The highest BCUT2D eigenvalue weighted by atomic mass is 32.2. The molecule has 3 aliphatic heterocycles. The fourth-order valence-corrected chi connectivity index (χ4v) is 7.20. The largest absolute Gasteiger partial charge is 0.511 e. The lowest BCUT2D eigenvalue weighted by Crippen LogP contribution is -2.57. The fraction of sp³-hybridized carbons (Fsp3) is 0.438. The Hall–Kier alpha value is -0.963. The summed E-state index contributed by atoms with van der Waals surface area (Å²) in [5, 5.41) is 1.90. The molecule has 0 amide bonds. The molecule has 2 aromatic rings. The van der Waals surface area contributed by atoms with Gasteiger partial charge in [-0.2, -0.15) is 0 Å². The van der Waals surface area contributed by atoms with E-state index in [0.717, 1.165) is 40.8 Å². The van der Waals surface area contributed by atoms with Crippen LogP contribution < -0.4 is 0 Å². The van der Waals surface area contributed by atoms with Crippen LogP contribution in [0.2, 0.25) is 0 Å². The van der Waals surface area contributed by atoms with Crippen LogP contribution in [0.25, 0.3) is 10.9 Å². The van der Waals surface area contributed by atoms with Crippen molar-refractivity contribution in [1.29, 1.82) is 0 Å². The van der Waals surface area contributed by atoms with Crippen molar-refractivity contribution in [2.45, 2.75) is 4.90 Å². The van der Waals surface area contributed by atoms with Gasteiger partial charge in [0.2, 0.25) is 0 Å². The summed E-state index contributed by atoms with van der Waals surface area (Å²) in [5.41, 5.74) is 1.04. The lowest BCUT2D eigenvalue weighted by Gasteiger charge is -2.37. The van der Waals surface area contributed by atoms with Crippen molar-refractivity contribution < 1.29 is 13.3 Å². The van der Waals surface area contributed by atoms with Crippen LogP contribution in [-0.4, -0.2) is 63.5 Å². The van der Waals surface area contributed by atoms with Crippen LogP contribution in [0.1, 0.15) is 0 Å². The van der Waals surface area contributed by atoms with E-state index in [1.807, 2.05) is 12.3 Å². The second-order valence-corrected chi connectivity index (χ2v) is 9.81. The molecule has 0 unspecified atom stereocenters. The standard InChI is InChI=1S/C16H20N2O3SSi/c1-3-14-4-2-6-17-16(14)15(5-1)22-13-23-19-10-7-18(8-11-20-23)9-12-21-23/h1-6H,7-13H2. The number of aromatic nitrogens is 1. The molecule has 122 valence electrons. The predicted octanol–water partition coefficient (Wildman–Crippen LogP) is 2.18. The molecule has 0 radical (unpaired) electrons. The quantitative estimate of drug-likeness (QED) is 0.626. The summed E-state index contributed by atoms with van der Waals surface area (Å²) < 4.78 is 18.3. The molecule has 23 heavy (non-hydrogen) atoms. The molecule has 0 aliphatic carbocycles. The van der Waals surface area contributed by atoms with Crippen LogP contribution in [0.4, 0.5) is 0 Å². The maximum absolute atomic E-state index is 6.09. The number of para-hydroxylation sites is 1. The molecular weight excluding hydrogens is 328 g/mol. The summed E-state index contributed by atoms with van der Waals surface area (Å²) in [4.78, 5) is 8.01. The maximum atomic E-state index is 6.09. The van der Waals surface area contributed by atoms with E-state index in [1.165, 1.54) is 0 Å². The zero-order valence-electron chi connectivity index (χ0n) is 12.9. The van der Waals surface area contributed by atoms with E-state index < -0.39 is 8.80 Å². The zero-order chi connectivity index (χ0) is 15.5. The predicted molar refractivity (Wildman–Crippen MR) is 92.5 cm³/mol. The van der Waals surface area contributed by atoms with E-state index in [9.17, 15) is 0 Å². The Balaban J connectivity index is 1.54. The molecular formula is C16H20N2O3SSi. The first-order valence-electron chi connectivity index (χ1n) is 7.95. The van der Waals surface area contributed by atoms with Gasteiger partial charge in [-0.15, -0.1) is 11.8 Å². The zero-order valence-corrected chi connectivity index (χ0v) is 14.8. The molecule has 0 N–H and O–H groups in total. The second kappa shape index (κ2) is 6.88. The first kappa shape index (κ1) is 15.6. The topological polar surface area (TPSA) is 43.8 Å². The average Bonchev–Trinajstić information content (AvgIpc) is 2.53. The van der Waals surface area contributed by atoms with Gasteiger partial charge < -0.3 is 13.3 Å². The molecule has 3 saturated heterocycles. The molecule has 3 aliphatic rings. The molecule has 1 aromatic carbocycles. The van der Waals surface area contributed by atoms with Gasteiger partial charge >= 0.3 is 8.80 Å². The summed E-state index contributed by atoms with van der Waals surface area (Å²) in [6, 6.07) is 10.3. The Labute approximate surface area is 141 Å². The Morgan fingerprint density at radius 1 is 1.00 bits per heavy atom. The minimum Gasteiger partial charge on any atom is -0.372 e. The molecule has 1 aromatic heterocycles. The van der Waals surface area contributed by atoms with Gasteiger partial charge in [0.25, 0.3) is 0 Å². The highest BCUT2D eigenvalue weighted by Crippen LogP contribution is 2.30. The first-order valence-corrected chi connectivity index (χ1v) is 10.9. The van der Waals surface area contributed by atoms with Gasteiger partial charge in [0.1, 0.15) is 0 Å². The van der Waals surface area contributed by atoms with Crippen molar-refractivity contribution in [2.24, 2.45) is 0 Å². The third-order valence-corrected chi connectivity index (χ3v) is 8.75. The van der Waals surface area contributed by atoms with E-state index >= 15 is 0 Å². The van der Waals surface area contributed by atoms with Gasteiger partial charge in [-0.1, -0.05) is 18.2 Å². The van der Waals surface area contributed by atoms with Crippen LogP contribution >= 0.6 is 11.8 Å². The van der Waals surface area contributed by atoms with Gasteiger partial charge in [-0.3, -0.25) is 9.88 Å². The molecule has 7 heteroatoms. The average molecular weight is 348 g/mol. The van der Waals surface area contributed by atoms with Gasteiger partial charge in [0.05, 0.1) is 30.7 Å². The van der Waals surface area contributed by atoms with Gasteiger partial charge in [0.15, 0.2) is 0 Å². The van der Waals surface area contributed by atoms with Gasteiger partial charge in [-0.05, 0) is 12.1 Å². The molecule has 0 atom stereocenters. The minimum atomic E-state index is -2.59. The first-order chi connectivity index (χ1) is 11.3. The van der Waals surface area contributed by atoms with Crippen LogP contribution in [-0.2, 0) is 13.3 Å². The summed E-state index contributed by atoms with van der Waals surface area (Å²) in [7, 11) is -2.59. The monoisotopic (exact) mass is 348 g/mol. The summed E-state index contributed by atoms with van der Waals surface area (Å²) in [5.74, 6) is 0. The Bertz CT molecular complexity index is 655.